The molecule has 0 aromatic rings. The molecule has 2 nitrogen and oxygen atoms in total. The zero-order chi connectivity index (χ0) is 18.1. The number of hydrogen-bond acceptors (Lipinski definition) is 2. The summed E-state index contributed by atoms with van der Waals surface area (Å²) in [5, 5.41) is 16.8. The van der Waals surface area contributed by atoms with Gasteiger partial charge in [-0.3, -0.25) is 0 Å². The average molecular weight is 377 g/mol. The van der Waals surface area contributed by atoms with Crippen molar-refractivity contribution in [3.05, 3.63) is 12.2 Å². The third-order valence-corrected chi connectivity index (χ3v) is 3.86. The Labute approximate surface area is 188 Å². The second-order valence-corrected chi connectivity index (χ2v) is 6.24. The van der Waals surface area contributed by atoms with Crippen LogP contribution < -0.4 is 18.9 Å². The standard InChI is InChI=1S/C11H22O.C11H20O.Al.Li.4H/c2*1-2-3-4-5-6-7-8-9-10-11-12;;;;;;/h9-10,12H,2-8,11H2,1H3;12H,2-8,11H2,1H3;;;;;;/q;;;+1;;;;-1/b10-9+;;;;;;;. The number of hydrogen-bond donors (Lipinski definition) is 2. The Hall–Kier alpha value is 0.350. The normalized spacial score (nSPS) is 9.38. The van der Waals surface area contributed by atoms with Crippen molar-refractivity contribution < 1.29 is 30.5 Å². The molecule has 0 aliphatic carbocycles. The molecule has 0 rings (SSSR count). The summed E-state index contributed by atoms with van der Waals surface area (Å²) in [5.41, 5.74) is 0. The molecule has 0 radical (unpaired) electrons. The SMILES string of the molecule is CCCCCCCC/C=C/CO.CCCCCCCCC#CCO.[AlH3].[H-].[Li+]. The van der Waals surface area contributed by atoms with Crippen molar-refractivity contribution in [1.29, 1.82) is 0 Å². The number of aliphatic hydroxyl groups excluding tert-OH is 2. The molecule has 4 heteroatoms. The Morgan fingerprint density at radius 2 is 1.19 bits per heavy atom. The summed E-state index contributed by atoms with van der Waals surface area (Å²) >= 11 is 0. The molecule has 0 unspecified atom stereocenters. The third kappa shape index (κ3) is 39.4. The van der Waals surface area contributed by atoms with Crippen LogP contribution in [0.4, 0.5) is 0 Å². The Morgan fingerprint density at radius 1 is 0.692 bits per heavy atom. The molecule has 0 aliphatic heterocycles. The summed E-state index contributed by atoms with van der Waals surface area (Å²) in [6.45, 7) is 4.67. The van der Waals surface area contributed by atoms with Gasteiger partial charge in [0.15, 0.2) is 17.4 Å². The van der Waals surface area contributed by atoms with Crippen molar-refractivity contribution in [3.63, 3.8) is 0 Å². The fraction of sp³-hybridized carbons (Fsp3) is 0.818. The van der Waals surface area contributed by atoms with Crippen LogP contribution in [0.15, 0.2) is 12.2 Å². The minimum absolute atomic E-state index is 0. The second kappa shape index (κ2) is 36.3. The smallest absolute Gasteiger partial charge is 1.00 e. The first-order chi connectivity index (χ1) is 11.8. The second-order valence-electron chi connectivity index (χ2n) is 6.24. The summed E-state index contributed by atoms with van der Waals surface area (Å²) in [4.78, 5) is 0. The molecule has 0 saturated heterocycles. The number of allylic oxidation sites excluding steroid dienone is 1. The molecule has 2 N–H and O–H groups in total. The van der Waals surface area contributed by atoms with Gasteiger partial charge >= 0.3 is 18.9 Å². The molecule has 0 aromatic carbocycles. The predicted molar refractivity (Wildman–Crippen MR) is 118 cm³/mol. The molecule has 0 saturated carbocycles. The quantitative estimate of drug-likeness (QED) is 0.211. The fourth-order valence-electron chi connectivity index (χ4n) is 2.37. The van der Waals surface area contributed by atoms with Gasteiger partial charge in [0.2, 0.25) is 0 Å². The molecule has 150 valence electrons. The minimum atomic E-state index is 0. The van der Waals surface area contributed by atoms with Crippen molar-refractivity contribution in [3.8, 4) is 11.8 Å². The van der Waals surface area contributed by atoms with E-state index in [0.29, 0.717) is 0 Å². The van der Waals surface area contributed by atoms with E-state index < -0.39 is 0 Å². The molecule has 0 aromatic heterocycles. The van der Waals surface area contributed by atoms with Gasteiger partial charge in [-0.15, -0.1) is 5.92 Å². The number of rotatable bonds is 14. The van der Waals surface area contributed by atoms with Crippen LogP contribution in [0.25, 0.3) is 0 Å². The molecule has 0 spiro atoms. The third-order valence-electron chi connectivity index (χ3n) is 3.86. The number of aliphatic hydroxyl groups is 2. The van der Waals surface area contributed by atoms with E-state index in [4.69, 9.17) is 10.2 Å². The van der Waals surface area contributed by atoms with E-state index in [1.807, 2.05) is 6.08 Å². The fourth-order valence-corrected chi connectivity index (χ4v) is 2.37. The topological polar surface area (TPSA) is 40.5 Å². The molecular formula is C22H46AlLiO2. The summed E-state index contributed by atoms with van der Waals surface area (Å²) in [6.07, 6.45) is 21.9. The summed E-state index contributed by atoms with van der Waals surface area (Å²) in [5.74, 6) is 5.58. The summed E-state index contributed by atoms with van der Waals surface area (Å²) in [6, 6.07) is 0. The van der Waals surface area contributed by atoms with Crippen molar-refractivity contribution in [1.82, 2.24) is 0 Å². The molecule has 0 amide bonds. The van der Waals surface area contributed by atoms with E-state index in [0.717, 1.165) is 12.8 Å². The van der Waals surface area contributed by atoms with E-state index in [1.165, 1.54) is 77.0 Å². The maximum atomic E-state index is 8.45. The van der Waals surface area contributed by atoms with Gasteiger partial charge in [0.05, 0.1) is 6.61 Å². The zero-order valence-electron chi connectivity index (χ0n) is 18.4. The molecule has 26 heavy (non-hydrogen) atoms. The van der Waals surface area contributed by atoms with Gasteiger partial charge in [-0.1, -0.05) is 96.1 Å². The van der Waals surface area contributed by atoms with Crippen LogP contribution >= 0.6 is 0 Å². The maximum absolute atomic E-state index is 8.45. The van der Waals surface area contributed by atoms with Crippen LogP contribution in [0.2, 0.25) is 0 Å². The zero-order valence-corrected chi connectivity index (χ0v) is 17.4. The van der Waals surface area contributed by atoms with Gasteiger partial charge < -0.3 is 11.6 Å². The van der Waals surface area contributed by atoms with Crippen molar-refractivity contribution in [2.45, 2.75) is 104 Å². The van der Waals surface area contributed by atoms with Gasteiger partial charge in [0, 0.05) is 6.42 Å². The molecular weight excluding hydrogens is 330 g/mol. The van der Waals surface area contributed by atoms with Gasteiger partial charge in [-0.2, -0.15) is 0 Å². The molecule has 0 heterocycles. The van der Waals surface area contributed by atoms with Gasteiger partial charge in [-0.05, 0) is 19.3 Å². The number of unbranched alkanes of at least 4 members (excludes halogenated alkanes) is 12. The average Bonchev–Trinajstić information content (AvgIpc) is 2.60. The Kier molecular flexibility index (Phi) is 47.3. The molecule has 0 atom stereocenters. The van der Waals surface area contributed by atoms with Crippen molar-refractivity contribution >= 4 is 17.4 Å². The van der Waals surface area contributed by atoms with Gasteiger partial charge in [0.25, 0.3) is 0 Å². The Bertz CT molecular complexity index is 304. The van der Waals surface area contributed by atoms with E-state index in [-0.39, 0.29) is 50.9 Å². The van der Waals surface area contributed by atoms with Crippen LogP contribution in [0.1, 0.15) is 105 Å². The first-order valence-electron chi connectivity index (χ1n) is 10.2. The van der Waals surface area contributed by atoms with Crippen LogP contribution in [-0.2, 0) is 0 Å². The monoisotopic (exact) mass is 376 g/mol. The van der Waals surface area contributed by atoms with Crippen molar-refractivity contribution in [2.75, 3.05) is 13.2 Å². The van der Waals surface area contributed by atoms with Gasteiger partial charge in [0.1, 0.15) is 6.61 Å². The van der Waals surface area contributed by atoms with Crippen LogP contribution in [0, 0.1) is 11.8 Å². The molecule has 0 bridgehead atoms. The molecule has 0 fully saturated rings. The van der Waals surface area contributed by atoms with Crippen molar-refractivity contribution in [2.24, 2.45) is 0 Å². The van der Waals surface area contributed by atoms with E-state index in [9.17, 15) is 0 Å². The maximum Gasteiger partial charge on any atom is 1.00 e. The van der Waals surface area contributed by atoms with Crippen LogP contribution in [0.5, 0.6) is 0 Å². The summed E-state index contributed by atoms with van der Waals surface area (Å²) in [7, 11) is 0. The van der Waals surface area contributed by atoms with Crippen LogP contribution in [0.3, 0.4) is 0 Å². The predicted octanol–water partition coefficient (Wildman–Crippen LogP) is 1.95. The van der Waals surface area contributed by atoms with Crippen LogP contribution in [-0.4, -0.2) is 40.8 Å². The largest absolute Gasteiger partial charge is 1.00 e. The Balaban J connectivity index is -0.000000108. The Morgan fingerprint density at radius 3 is 1.69 bits per heavy atom. The summed E-state index contributed by atoms with van der Waals surface area (Å²) < 4.78 is 0. The first-order valence-corrected chi connectivity index (χ1v) is 10.2. The van der Waals surface area contributed by atoms with E-state index in [1.54, 1.807) is 0 Å². The van der Waals surface area contributed by atoms with Gasteiger partial charge in [-0.25, -0.2) is 0 Å². The van der Waals surface area contributed by atoms with E-state index >= 15 is 0 Å². The van der Waals surface area contributed by atoms with E-state index in [2.05, 4.69) is 31.8 Å². The molecule has 0 aliphatic rings. The first kappa shape index (κ1) is 33.9. The minimum Gasteiger partial charge on any atom is -1.00 e.